The van der Waals surface area contributed by atoms with Gasteiger partial charge < -0.3 is 15.4 Å². The molecule has 1 aromatic rings. The lowest BCUT2D eigenvalue weighted by atomic mass is 10.1. The number of ether oxygens (including phenoxy) is 1. The molecule has 0 fully saturated rings. The van der Waals surface area contributed by atoms with Crippen LogP contribution in [0, 0.1) is 0 Å². The molecular weight excluding hydrogens is 312 g/mol. The molecule has 0 bridgehead atoms. The molecular formula is C17H24N2O3S. The molecule has 0 aromatic heterocycles. The Kier molecular flexibility index (Phi) is 6.77. The van der Waals surface area contributed by atoms with Crippen molar-refractivity contribution in [3.63, 3.8) is 0 Å². The summed E-state index contributed by atoms with van der Waals surface area (Å²) >= 11 is 1.66. The van der Waals surface area contributed by atoms with Gasteiger partial charge >= 0.3 is 0 Å². The highest BCUT2D eigenvalue weighted by atomic mass is 32.2. The van der Waals surface area contributed by atoms with Crippen molar-refractivity contribution < 1.29 is 14.3 Å². The van der Waals surface area contributed by atoms with Gasteiger partial charge in [0.2, 0.25) is 11.8 Å². The molecule has 23 heavy (non-hydrogen) atoms. The molecule has 0 saturated heterocycles. The lowest BCUT2D eigenvalue weighted by Crippen LogP contribution is -2.48. The molecule has 1 heterocycles. The summed E-state index contributed by atoms with van der Waals surface area (Å²) in [5.74, 6) is 1.48. The summed E-state index contributed by atoms with van der Waals surface area (Å²) in [4.78, 5) is 23.9. The van der Waals surface area contributed by atoms with Crippen molar-refractivity contribution >= 4 is 23.6 Å². The SMILES string of the molecule is CCC(=O)N[C@H](CCSC)C(=O)NC[C@H]1Cc2ccccc2O1. The fourth-order valence-electron chi connectivity index (χ4n) is 2.51. The Morgan fingerprint density at radius 3 is 2.87 bits per heavy atom. The van der Waals surface area contributed by atoms with Gasteiger partial charge in [-0.3, -0.25) is 9.59 Å². The molecule has 1 aliphatic heterocycles. The number of benzene rings is 1. The number of nitrogens with one attached hydrogen (secondary N) is 2. The van der Waals surface area contributed by atoms with Crippen LogP contribution in [-0.4, -0.2) is 42.5 Å². The normalized spacial score (nSPS) is 17.0. The first-order valence-electron chi connectivity index (χ1n) is 7.94. The number of amides is 2. The molecule has 2 N–H and O–H groups in total. The van der Waals surface area contributed by atoms with Gasteiger partial charge in [-0.25, -0.2) is 0 Å². The van der Waals surface area contributed by atoms with Gasteiger partial charge in [0.25, 0.3) is 0 Å². The van der Waals surface area contributed by atoms with Crippen LogP contribution < -0.4 is 15.4 Å². The van der Waals surface area contributed by atoms with E-state index in [0.717, 1.165) is 17.9 Å². The van der Waals surface area contributed by atoms with Gasteiger partial charge in [-0.1, -0.05) is 25.1 Å². The number of thioether (sulfide) groups is 1. The van der Waals surface area contributed by atoms with E-state index < -0.39 is 6.04 Å². The molecule has 1 aromatic carbocycles. The summed E-state index contributed by atoms with van der Waals surface area (Å²) in [7, 11) is 0. The molecule has 0 radical (unpaired) electrons. The van der Waals surface area contributed by atoms with E-state index in [1.54, 1.807) is 18.7 Å². The molecule has 1 aliphatic rings. The lowest BCUT2D eigenvalue weighted by molar-refractivity contribution is -0.129. The number of hydrogen-bond acceptors (Lipinski definition) is 4. The molecule has 126 valence electrons. The van der Waals surface area contributed by atoms with Crippen LogP contribution in [0.5, 0.6) is 5.75 Å². The molecule has 6 heteroatoms. The number of rotatable bonds is 8. The van der Waals surface area contributed by atoms with Crippen LogP contribution in [-0.2, 0) is 16.0 Å². The number of fused-ring (bicyclic) bond motifs is 1. The third kappa shape index (κ3) is 5.16. The minimum absolute atomic E-state index is 0.0422. The van der Waals surface area contributed by atoms with Crippen molar-refractivity contribution in [1.82, 2.24) is 10.6 Å². The topological polar surface area (TPSA) is 67.4 Å². The lowest BCUT2D eigenvalue weighted by Gasteiger charge is -2.19. The van der Waals surface area contributed by atoms with E-state index in [4.69, 9.17) is 4.74 Å². The quantitative estimate of drug-likeness (QED) is 0.759. The molecule has 0 aliphatic carbocycles. The second kappa shape index (κ2) is 8.82. The molecule has 0 saturated carbocycles. The smallest absolute Gasteiger partial charge is 0.242 e. The van der Waals surface area contributed by atoms with Crippen LogP contribution in [0.4, 0.5) is 0 Å². The van der Waals surface area contributed by atoms with Crippen molar-refractivity contribution in [1.29, 1.82) is 0 Å². The minimum Gasteiger partial charge on any atom is -0.488 e. The van der Waals surface area contributed by atoms with Gasteiger partial charge in [0.1, 0.15) is 17.9 Å². The Balaban J connectivity index is 1.83. The fourth-order valence-corrected chi connectivity index (χ4v) is 2.98. The highest BCUT2D eigenvalue weighted by Gasteiger charge is 2.25. The highest BCUT2D eigenvalue weighted by molar-refractivity contribution is 7.98. The van der Waals surface area contributed by atoms with E-state index >= 15 is 0 Å². The zero-order valence-corrected chi connectivity index (χ0v) is 14.4. The third-order valence-corrected chi connectivity index (χ3v) is 4.45. The van der Waals surface area contributed by atoms with Crippen LogP contribution in [0.3, 0.4) is 0 Å². The maximum Gasteiger partial charge on any atom is 0.242 e. The Labute approximate surface area is 141 Å². The van der Waals surface area contributed by atoms with E-state index in [2.05, 4.69) is 10.6 Å². The Hall–Kier alpha value is -1.69. The summed E-state index contributed by atoms with van der Waals surface area (Å²) in [5.41, 5.74) is 1.17. The van der Waals surface area contributed by atoms with E-state index in [0.29, 0.717) is 19.4 Å². The maximum absolute atomic E-state index is 12.3. The zero-order chi connectivity index (χ0) is 16.7. The molecule has 2 rings (SSSR count). The monoisotopic (exact) mass is 336 g/mol. The van der Waals surface area contributed by atoms with Crippen molar-refractivity contribution in [3.8, 4) is 5.75 Å². The van der Waals surface area contributed by atoms with Gasteiger partial charge in [0.15, 0.2) is 0 Å². The fraction of sp³-hybridized carbons (Fsp3) is 0.529. The van der Waals surface area contributed by atoms with Gasteiger partial charge in [0, 0.05) is 12.8 Å². The van der Waals surface area contributed by atoms with Crippen LogP contribution >= 0.6 is 11.8 Å². The molecule has 0 unspecified atom stereocenters. The summed E-state index contributed by atoms with van der Waals surface area (Å²) in [5, 5.41) is 5.70. The van der Waals surface area contributed by atoms with Gasteiger partial charge in [0.05, 0.1) is 6.54 Å². The maximum atomic E-state index is 12.3. The average Bonchev–Trinajstić information content (AvgIpc) is 2.99. The van der Waals surface area contributed by atoms with Gasteiger partial charge in [-0.05, 0) is 30.1 Å². The predicted octanol–water partition coefficient (Wildman–Crippen LogP) is 1.75. The molecule has 5 nitrogen and oxygen atoms in total. The standard InChI is InChI=1S/C17H24N2O3S/c1-3-16(20)19-14(8-9-23-2)17(21)18-11-13-10-12-6-4-5-7-15(12)22-13/h4-7,13-14H,3,8-11H2,1-2H3,(H,18,21)(H,19,20)/t13-,14-/m1/s1. The minimum atomic E-state index is -0.473. The van der Waals surface area contributed by atoms with E-state index in [-0.39, 0.29) is 17.9 Å². The summed E-state index contributed by atoms with van der Waals surface area (Å²) in [6, 6.07) is 7.44. The summed E-state index contributed by atoms with van der Waals surface area (Å²) in [6.07, 6.45) is 3.75. The molecule has 2 atom stereocenters. The third-order valence-electron chi connectivity index (χ3n) is 3.80. The number of carbonyl (C=O) groups excluding carboxylic acids is 2. The average molecular weight is 336 g/mol. The van der Waals surface area contributed by atoms with Crippen LogP contribution in [0.25, 0.3) is 0 Å². The van der Waals surface area contributed by atoms with Crippen molar-refractivity contribution in [2.24, 2.45) is 0 Å². The predicted molar refractivity (Wildman–Crippen MR) is 92.8 cm³/mol. The highest BCUT2D eigenvalue weighted by Crippen LogP contribution is 2.27. The van der Waals surface area contributed by atoms with Crippen molar-refractivity contribution in [3.05, 3.63) is 29.8 Å². The van der Waals surface area contributed by atoms with Crippen molar-refractivity contribution in [2.75, 3.05) is 18.6 Å². The van der Waals surface area contributed by atoms with Crippen LogP contribution in [0.15, 0.2) is 24.3 Å². The van der Waals surface area contributed by atoms with Gasteiger partial charge in [-0.2, -0.15) is 11.8 Å². The van der Waals surface area contributed by atoms with E-state index in [1.807, 2.05) is 30.5 Å². The first-order valence-corrected chi connectivity index (χ1v) is 9.34. The number of carbonyl (C=O) groups is 2. The molecule has 2 amide bonds. The Bertz CT molecular complexity index is 525. The zero-order valence-electron chi connectivity index (χ0n) is 13.6. The van der Waals surface area contributed by atoms with Crippen LogP contribution in [0.1, 0.15) is 25.3 Å². The van der Waals surface area contributed by atoms with E-state index in [1.165, 1.54) is 5.56 Å². The van der Waals surface area contributed by atoms with Crippen molar-refractivity contribution in [2.45, 2.75) is 38.3 Å². The Morgan fingerprint density at radius 1 is 1.39 bits per heavy atom. The Morgan fingerprint density at radius 2 is 2.17 bits per heavy atom. The largest absolute Gasteiger partial charge is 0.488 e. The second-order valence-electron chi connectivity index (χ2n) is 5.55. The first kappa shape index (κ1) is 17.7. The van der Waals surface area contributed by atoms with Gasteiger partial charge in [-0.15, -0.1) is 0 Å². The molecule has 0 spiro atoms. The number of para-hydroxylation sites is 1. The first-order chi connectivity index (χ1) is 11.1. The van der Waals surface area contributed by atoms with Crippen LogP contribution in [0.2, 0.25) is 0 Å². The second-order valence-corrected chi connectivity index (χ2v) is 6.54. The number of hydrogen-bond donors (Lipinski definition) is 2. The van der Waals surface area contributed by atoms with E-state index in [9.17, 15) is 9.59 Å². The summed E-state index contributed by atoms with van der Waals surface area (Å²) < 4.78 is 5.81. The summed E-state index contributed by atoms with van der Waals surface area (Å²) in [6.45, 7) is 2.23.